The van der Waals surface area contributed by atoms with Crippen LogP contribution in [0.25, 0.3) is 0 Å². The molecule has 1 aromatic rings. The highest BCUT2D eigenvalue weighted by Crippen LogP contribution is 2.27. The molecule has 1 aliphatic rings. The minimum absolute atomic E-state index is 0.0172. The minimum Gasteiger partial charge on any atom is -0.396 e. The molecule has 1 saturated carbocycles. The summed E-state index contributed by atoms with van der Waals surface area (Å²) >= 11 is 0. The van der Waals surface area contributed by atoms with Crippen LogP contribution in [0.15, 0.2) is 30.3 Å². The van der Waals surface area contributed by atoms with Gasteiger partial charge < -0.3 is 15.3 Å². The highest BCUT2D eigenvalue weighted by atomic mass is 16.3. The molecule has 0 spiro atoms. The molecule has 4 nitrogen and oxygen atoms in total. The standard InChI is InChI=1S/C20H32N2O2/c1-20(2,13-16-7-5-4-6-8-16)15-21-19(24)22(3)18-11-9-17(14-23)10-12-18/h4-8,17-18,23H,9-15H2,1-3H3,(H,21,24). The van der Waals surface area contributed by atoms with Gasteiger partial charge in [-0.2, -0.15) is 0 Å². The Balaban J connectivity index is 1.79. The van der Waals surface area contributed by atoms with Gasteiger partial charge in [-0.05, 0) is 49.0 Å². The van der Waals surface area contributed by atoms with Crippen LogP contribution in [0.3, 0.4) is 0 Å². The van der Waals surface area contributed by atoms with Crippen LogP contribution in [0.1, 0.15) is 45.1 Å². The fourth-order valence-corrected chi connectivity index (χ4v) is 3.53. The Morgan fingerprint density at radius 2 is 1.83 bits per heavy atom. The van der Waals surface area contributed by atoms with Crippen molar-refractivity contribution in [3.63, 3.8) is 0 Å². The highest BCUT2D eigenvalue weighted by Gasteiger charge is 2.27. The summed E-state index contributed by atoms with van der Waals surface area (Å²) in [6.07, 6.45) is 4.95. The highest BCUT2D eigenvalue weighted by molar-refractivity contribution is 5.74. The number of nitrogens with one attached hydrogen (secondary N) is 1. The maximum Gasteiger partial charge on any atom is 0.317 e. The number of carbonyl (C=O) groups excluding carboxylic acids is 1. The molecule has 0 aliphatic heterocycles. The van der Waals surface area contributed by atoms with Crippen molar-refractivity contribution in [3.05, 3.63) is 35.9 Å². The van der Waals surface area contributed by atoms with Crippen LogP contribution in [-0.2, 0) is 6.42 Å². The van der Waals surface area contributed by atoms with E-state index >= 15 is 0 Å². The molecular weight excluding hydrogens is 300 g/mol. The van der Waals surface area contributed by atoms with Crippen molar-refractivity contribution in [1.29, 1.82) is 0 Å². The Morgan fingerprint density at radius 1 is 1.21 bits per heavy atom. The van der Waals surface area contributed by atoms with E-state index in [2.05, 4.69) is 43.4 Å². The number of hydrogen-bond donors (Lipinski definition) is 2. The van der Waals surface area contributed by atoms with E-state index < -0.39 is 0 Å². The van der Waals surface area contributed by atoms with Crippen molar-refractivity contribution in [2.75, 3.05) is 20.2 Å². The number of aliphatic hydroxyl groups excluding tert-OH is 1. The second kappa shape index (κ2) is 8.52. The van der Waals surface area contributed by atoms with Gasteiger partial charge in [0.1, 0.15) is 0 Å². The van der Waals surface area contributed by atoms with E-state index in [1.807, 2.05) is 18.0 Å². The van der Waals surface area contributed by atoms with Crippen LogP contribution in [0.4, 0.5) is 4.79 Å². The van der Waals surface area contributed by atoms with E-state index in [4.69, 9.17) is 0 Å². The summed E-state index contributed by atoms with van der Waals surface area (Å²) in [5.74, 6) is 0.419. The molecule has 2 rings (SSSR count). The molecule has 1 fully saturated rings. The molecule has 0 unspecified atom stereocenters. The summed E-state index contributed by atoms with van der Waals surface area (Å²) in [5.41, 5.74) is 1.32. The summed E-state index contributed by atoms with van der Waals surface area (Å²) in [4.78, 5) is 14.3. The topological polar surface area (TPSA) is 52.6 Å². The van der Waals surface area contributed by atoms with Gasteiger partial charge in [0.15, 0.2) is 0 Å². The molecule has 4 heteroatoms. The van der Waals surface area contributed by atoms with E-state index in [-0.39, 0.29) is 18.1 Å². The van der Waals surface area contributed by atoms with Crippen molar-refractivity contribution in [3.8, 4) is 0 Å². The second-order valence-electron chi connectivity index (χ2n) is 7.95. The molecule has 24 heavy (non-hydrogen) atoms. The number of carbonyl (C=O) groups is 1. The monoisotopic (exact) mass is 332 g/mol. The molecule has 0 heterocycles. The van der Waals surface area contributed by atoms with Crippen molar-refractivity contribution in [2.24, 2.45) is 11.3 Å². The molecule has 0 saturated heterocycles. The SMILES string of the molecule is CN(C(=O)NCC(C)(C)Cc1ccccc1)C1CCC(CO)CC1. The number of amides is 2. The van der Waals surface area contributed by atoms with Gasteiger partial charge in [-0.3, -0.25) is 0 Å². The summed E-state index contributed by atoms with van der Waals surface area (Å²) in [6.45, 7) is 5.31. The fraction of sp³-hybridized carbons (Fsp3) is 0.650. The average molecular weight is 332 g/mol. The quantitative estimate of drug-likeness (QED) is 0.838. The second-order valence-corrected chi connectivity index (χ2v) is 7.95. The summed E-state index contributed by atoms with van der Waals surface area (Å²) < 4.78 is 0. The van der Waals surface area contributed by atoms with Crippen LogP contribution in [0.2, 0.25) is 0 Å². The molecular formula is C20H32N2O2. The van der Waals surface area contributed by atoms with Crippen LogP contribution in [0.5, 0.6) is 0 Å². The predicted molar refractivity (Wildman–Crippen MR) is 97.9 cm³/mol. The van der Waals surface area contributed by atoms with Crippen LogP contribution in [-0.4, -0.2) is 42.3 Å². The van der Waals surface area contributed by atoms with E-state index in [0.717, 1.165) is 32.1 Å². The van der Waals surface area contributed by atoms with E-state index in [0.29, 0.717) is 18.5 Å². The van der Waals surface area contributed by atoms with Gasteiger partial charge in [0.05, 0.1) is 0 Å². The zero-order chi connectivity index (χ0) is 17.6. The van der Waals surface area contributed by atoms with Gasteiger partial charge in [-0.1, -0.05) is 44.2 Å². The van der Waals surface area contributed by atoms with Gasteiger partial charge in [-0.25, -0.2) is 4.79 Å². The van der Waals surface area contributed by atoms with Crippen molar-refractivity contribution in [1.82, 2.24) is 10.2 Å². The number of nitrogens with zero attached hydrogens (tertiary/aromatic N) is 1. The lowest BCUT2D eigenvalue weighted by Crippen LogP contribution is -2.47. The molecule has 1 aromatic carbocycles. The van der Waals surface area contributed by atoms with E-state index in [1.54, 1.807) is 0 Å². The Morgan fingerprint density at radius 3 is 2.42 bits per heavy atom. The number of benzene rings is 1. The molecule has 0 atom stereocenters. The first-order valence-electron chi connectivity index (χ1n) is 9.07. The first kappa shape index (κ1) is 18.8. The van der Waals surface area contributed by atoms with Crippen molar-refractivity contribution < 1.29 is 9.90 Å². The fourth-order valence-electron chi connectivity index (χ4n) is 3.53. The zero-order valence-electron chi connectivity index (χ0n) is 15.3. The summed E-state index contributed by atoms with van der Waals surface area (Å²) in [5, 5.41) is 12.3. The van der Waals surface area contributed by atoms with Gasteiger partial charge in [0.2, 0.25) is 0 Å². The first-order valence-corrected chi connectivity index (χ1v) is 9.07. The molecule has 134 valence electrons. The van der Waals surface area contributed by atoms with Gasteiger partial charge in [-0.15, -0.1) is 0 Å². The van der Waals surface area contributed by atoms with E-state index in [1.165, 1.54) is 5.56 Å². The predicted octanol–water partition coefficient (Wildman–Crippen LogP) is 3.45. The molecule has 2 N–H and O–H groups in total. The minimum atomic E-state index is 0.0172. The molecule has 0 radical (unpaired) electrons. The van der Waals surface area contributed by atoms with Crippen LogP contribution >= 0.6 is 0 Å². The third-order valence-electron chi connectivity index (χ3n) is 5.19. The van der Waals surface area contributed by atoms with Crippen molar-refractivity contribution in [2.45, 2.75) is 52.0 Å². The Hall–Kier alpha value is -1.55. The number of urea groups is 1. The molecule has 0 bridgehead atoms. The Labute approximate surface area is 146 Å². The van der Waals surface area contributed by atoms with Gasteiger partial charge >= 0.3 is 6.03 Å². The summed E-state index contributed by atoms with van der Waals surface area (Å²) in [6, 6.07) is 10.7. The maximum atomic E-state index is 12.5. The lowest BCUT2D eigenvalue weighted by Gasteiger charge is -2.35. The lowest BCUT2D eigenvalue weighted by molar-refractivity contribution is 0.132. The lowest BCUT2D eigenvalue weighted by atomic mass is 9.85. The smallest absolute Gasteiger partial charge is 0.317 e. The summed E-state index contributed by atoms with van der Waals surface area (Å²) in [7, 11) is 1.89. The molecule has 2 amide bonds. The van der Waals surface area contributed by atoms with Crippen molar-refractivity contribution >= 4 is 6.03 Å². The third-order valence-corrected chi connectivity index (χ3v) is 5.19. The number of aliphatic hydroxyl groups is 1. The molecule has 1 aliphatic carbocycles. The molecule has 0 aromatic heterocycles. The number of rotatable bonds is 6. The van der Waals surface area contributed by atoms with Gasteiger partial charge in [0.25, 0.3) is 0 Å². The first-order chi connectivity index (χ1) is 11.4. The largest absolute Gasteiger partial charge is 0.396 e. The third kappa shape index (κ3) is 5.52. The number of hydrogen-bond acceptors (Lipinski definition) is 2. The average Bonchev–Trinajstić information content (AvgIpc) is 2.59. The van der Waals surface area contributed by atoms with Crippen LogP contribution in [0, 0.1) is 11.3 Å². The Bertz CT molecular complexity index is 508. The van der Waals surface area contributed by atoms with E-state index in [9.17, 15) is 9.90 Å². The maximum absolute atomic E-state index is 12.5. The normalized spacial score (nSPS) is 21.3. The van der Waals surface area contributed by atoms with Crippen LogP contribution < -0.4 is 5.32 Å². The Kier molecular flexibility index (Phi) is 6.67. The zero-order valence-corrected chi connectivity index (χ0v) is 15.3. The van der Waals surface area contributed by atoms with Gasteiger partial charge in [0, 0.05) is 26.2 Å².